The van der Waals surface area contributed by atoms with Crippen molar-refractivity contribution in [3.63, 3.8) is 0 Å². The molecule has 11 nitrogen and oxygen atoms in total. The molecule has 0 spiro atoms. The fourth-order valence-corrected chi connectivity index (χ4v) is 7.32. The Bertz CT molecular complexity index is 1520. The molecule has 1 aliphatic carbocycles. The van der Waals surface area contributed by atoms with E-state index in [9.17, 15) is 45.8 Å². The predicted molar refractivity (Wildman–Crippen MR) is 173 cm³/mol. The largest absolute Gasteiger partial charge is 0.481 e. The molecule has 1 aromatic heterocycles. The lowest BCUT2D eigenvalue weighted by molar-refractivity contribution is -0.144. The number of carboxylic acids is 1. The monoisotopic (exact) mass is 728 g/mol. The maximum absolute atomic E-state index is 13.8. The number of urea groups is 1. The SMILES string of the molecule is CC[C@@H]1C[C@H](N(Cc2cc(C(F)(F)F)cc(C(F)(F)F)c2)c2ncc(N3CCN(C)C3=O)cn2)C[C@H](CC)N1C(=O)O[C@H]1CC[C@H](C(=O)O)CC1. The number of likely N-dealkylation sites (tertiary alicyclic amines) is 1. The average molecular weight is 729 g/mol. The molecule has 1 aromatic carbocycles. The number of aliphatic carboxylic acids is 1. The van der Waals surface area contributed by atoms with Crippen LogP contribution in [0.2, 0.25) is 0 Å². The van der Waals surface area contributed by atoms with Crippen molar-refractivity contribution >= 4 is 29.7 Å². The number of hydrogen-bond acceptors (Lipinski definition) is 7. The molecule has 3 fully saturated rings. The first kappa shape index (κ1) is 37.9. The Hall–Kier alpha value is -4.31. The number of likely N-dealkylation sites (N-methyl/N-ethyl adjacent to an activating group) is 1. The van der Waals surface area contributed by atoms with E-state index in [1.165, 1.54) is 22.2 Å². The highest BCUT2D eigenvalue weighted by atomic mass is 19.4. The highest BCUT2D eigenvalue weighted by Crippen LogP contribution is 2.39. The van der Waals surface area contributed by atoms with Crippen LogP contribution in [-0.4, -0.2) is 87.3 Å². The number of carboxylic acid groups (broad SMARTS) is 1. The molecule has 2 saturated heterocycles. The third-order valence-corrected chi connectivity index (χ3v) is 10.2. The lowest BCUT2D eigenvalue weighted by Crippen LogP contribution is -2.57. The lowest BCUT2D eigenvalue weighted by atomic mass is 9.87. The Morgan fingerprint density at radius 2 is 1.45 bits per heavy atom. The van der Waals surface area contributed by atoms with Gasteiger partial charge in [0.15, 0.2) is 0 Å². The summed E-state index contributed by atoms with van der Waals surface area (Å²) < 4.78 is 88.8. The Labute approximate surface area is 291 Å². The zero-order valence-electron chi connectivity index (χ0n) is 28.6. The van der Waals surface area contributed by atoms with Gasteiger partial charge in [-0.1, -0.05) is 13.8 Å². The summed E-state index contributed by atoms with van der Waals surface area (Å²) in [6.07, 6.45) is -5.06. The van der Waals surface area contributed by atoms with Gasteiger partial charge in [-0.15, -0.1) is 0 Å². The van der Waals surface area contributed by atoms with Crippen molar-refractivity contribution in [1.82, 2.24) is 19.8 Å². The fourth-order valence-electron chi connectivity index (χ4n) is 7.32. The van der Waals surface area contributed by atoms with E-state index in [4.69, 9.17) is 4.74 Å². The van der Waals surface area contributed by atoms with E-state index in [0.29, 0.717) is 82.3 Å². The molecule has 3 atom stereocenters. The van der Waals surface area contributed by atoms with Gasteiger partial charge in [0.2, 0.25) is 5.95 Å². The Balaban J connectivity index is 1.45. The van der Waals surface area contributed by atoms with Gasteiger partial charge in [0.1, 0.15) is 6.10 Å². The van der Waals surface area contributed by atoms with Crippen molar-refractivity contribution < 1.29 is 50.6 Å². The van der Waals surface area contributed by atoms with Crippen LogP contribution in [-0.2, 0) is 28.4 Å². The van der Waals surface area contributed by atoms with Crippen LogP contribution in [0.5, 0.6) is 0 Å². The molecule has 5 rings (SSSR count). The van der Waals surface area contributed by atoms with E-state index < -0.39 is 72.2 Å². The van der Waals surface area contributed by atoms with Crippen molar-refractivity contribution in [1.29, 1.82) is 0 Å². The number of hydrogen-bond donors (Lipinski definition) is 1. The summed E-state index contributed by atoms with van der Waals surface area (Å²) in [6, 6.07) is -0.110. The van der Waals surface area contributed by atoms with Gasteiger partial charge < -0.3 is 24.5 Å². The molecular weight excluding hydrogens is 686 g/mol. The number of ether oxygens (including phenoxy) is 1. The maximum Gasteiger partial charge on any atom is 0.416 e. The van der Waals surface area contributed by atoms with Gasteiger partial charge in [0, 0.05) is 44.8 Å². The Kier molecular flexibility index (Phi) is 11.2. The number of halogens is 6. The summed E-state index contributed by atoms with van der Waals surface area (Å²) >= 11 is 0. The summed E-state index contributed by atoms with van der Waals surface area (Å²) in [4.78, 5) is 52.7. The van der Waals surface area contributed by atoms with Gasteiger partial charge in [0.25, 0.3) is 0 Å². The number of rotatable bonds is 9. The maximum atomic E-state index is 13.8. The van der Waals surface area contributed by atoms with Gasteiger partial charge in [-0.25, -0.2) is 19.6 Å². The minimum atomic E-state index is -5.03. The summed E-state index contributed by atoms with van der Waals surface area (Å²) in [5.74, 6) is -1.31. The minimum Gasteiger partial charge on any atom is -0.481 e. The van der Waals surface area contributed by atoms with Crippen LogP contribution in [0.1, 0.15) is 81.9 Å². The second kappa shape index (κ2) is 15.1. The molecule has 3 aliphatic rings. The predicted octanol–water partition coefficient (Wildman–Crippen LogP) is 7.19. The molecule has 0 unspecified atom stereocenters. The van der Waals surface area contributed by atoms with E-state index in [1.807, 2.05) is 13.8 Å². The summed E-state index contributed by atoms with van der Waals surface area (Å²) in [7, 11) is 1.64. The number of aromatic nitrogens is 2. The highest BCUT2D eigenvalue weighted by molar-refractivity contribution is 5.93. The lowest BCUT2D eigenvalue weighted by Gasteiger charge is -2.47. The quantitative estimate of drug-likeness (QED) is 0.270. The molecule has 2 aliphatic heterocycles. The van der Waals surface area contributed by atoms with E-state index in [1.54, 1.807) is 16.8 Å². The Morgan fingerprint density at radius 1 is 0.902 bits per heavy atom. The molecule has 0 bridgehead atoms. The first-order valence-corrected chi connectivity index (χ1v) is 17.1. The molecule has 1 saturated carbocycles. The summed E-state index contributed by atoms with van der Waals surface area (Å²) in [6.45, 7) is 4.22. The van der Waals surface area contributed by atoms with Crippen LogP contribution in [0.4, 0.5) is 47.6 Å². The molecule has 1 N–H and O–H groups in total. The average Bonchev–Trinajstić information content (AvgIpc) is 3.42. The number of amides is 3. The fraction of sp³-hybridized carbons (Fsp3) is 0.618. The number of nitrogens with zero attached hydrogens (tertiary/aromatic N) is 6. The van der Waals surface area contributed by atoms with Crippen LogP contribution >= 0.6 is 0 Å². The van der Waals surface area contributed by atoms with Gasteiger partial charge in [-0.05, 0) is 75.1 Å². The van der Waals surface area contributed by atoms with Crippen molar-refractivity contribution in [2.24, 2.45) is 5.92 Å². The van der Waals surface area contributed by atoms with Crippen molar-refractivity contribution in [2.45, 2.75) is 108 Å². The van der Waals surface area contributed by atoms with E-state index >= 15 is 0 Å². The van der Waals surface area contributed by atoms with E-state index in [2.05, 4.69) is 9.97 Å². The molecule has 3 heterocycles. The van der Waals surface area contributed by atoms with Crippen molar-refractivity contribution in [3.8, 4) is 0 Å². The first-order valence-electron chi connectivity index (χ1n) is 17.1. The molecule has 2 aromatic rings. The van der Waals surface area contributed by atoms with Crippen LogP contribution in [0.25, 0.3) is 0 Å². The van der Waals surface area contributed by atoms with Crippen LogP contribution < -0.4 is 9.80 Å². The summed E-state index contributed by atoms with van der Waals surface area (Å²) in [5, 5.41) is 9.32. The molecule has 0 radical (unpaired) electrons. The molecular formula is C34H42F6N6O5. The zero-order chi connectivity index (χ0) is 37.2. The molecule has 51 heavy (non-hydrogen) atoms. The molecule has 3 amide bonds. The van der Waals surface area contributed by atoms with E-state index in [0.717, 1.165) is 0 Å². The van der Waals surface area contributed by atoms with E-state index in [-0.39, 0.29) is 23.6 Å². The highest BCUT2D eigenvalue weighted by Gasteiger charge is 2.43. The number of piperidine rings is 1. The molecule has 280 valence electrons. The number of benzene rings is 1. The third-order valence-electron chi connectivity index (χ3n) is 10.2. The van der Waals surface area contributed by atoms with Crippen molar-refractivity contribution in [2.75, 3.05) is 29.9 Å². The van der Waals surface area contributed by atoms with Crippen LogP contribution in [0.15, 0.2) is 30.6 Å². The Morgan fingerprint density at radius 3 is 1.90 bits per heavy atom. The van der Waals surface area contributed by atoms with Gasteiger partial charge in [-0.3, -0.25) is 9.69 Å². The first-order chi connectivity index (χ1) is 24.0. The molecule has 17 heteroatoms. The van der Waals surface area contributed by atoms with Crippen molar-refractivity contribution in [3.05, 3.63) is 47.3 Å². The minimum absolute atomic E-state index is 0.0469. The normalized spacial score (nSPS) is 24.5. The second-order valence-electron chi connectivity index (χ2n) is 13.5. The van der Waals surface area contributed by atoms with Crippen LogP contribution in [0.3, 0.4) is 0 Å². The number of carbonyl (C=O) groups excluding carboxylic acids is 2. The second-order valence-corrected chi connectivity index (χ2v) is 13.5. The zero-order valence-corrected chi connectivity index (χ0v) is 28.6. The van der Waals surface area contributed by atoms with Gasteiger partial charge >= 0.3 is 30.4 Å². The third kappa shape index (κ3) is 8.60. The van der Waals surface area contributed by atoms with Gasteiger partial charge in [0.05, 0.1) is 35.1 Å². The summed E-state index contributed by atoms with van der Waals surface area (Å²) in [5.41, 5.74) is -2.73. The van der Waals surface area contributed by atoms with Gasteiger partial charge in [-0.2, -0.15) is 26.3 Å². The van der Waals surface area contributed by atoms with Crippen LogP contribution in [0, 0.1) is 5.92 Å². The number of anilines is 2. The number of alkyl halides is 6. The standard InChI is InChI=1S/C34H42F6N6O5/c1-4-24-15-26(16-25(5-2)46(24)32(50)51-28-8-6-21(7-9-28)29(47)48)45(30-41-17-27(18-42-30)44-11-10-43(3)31(44)49)19-20-12-22(33(35,36)37)14-23(13-20)34(38,39)40/h12-14,17-18,21,24-26,28H,4-11,15-16,19H2,1-3H3,(H,47,48)/t21-,24-,25+,26+,28-. The number of carbonyl (C=O) groups is 3. The topological polar surface area (TPSA) is 119 Å². The smallest absolute Gasteiger partial charge is 0.416 e.